The zero-order valence-corrected chi connectivity index (χ0v) is 7.25. The molecule has 0 rings (SSSR count). The van der Waals surface area contributed by atoms with Crippen molar-refractivity contribution in [2.45, 2.75) is 40.0 Å². The smallest absolute Gasteiger partial charge is 0.328 e. The standard InChI is InChI=1S/C9H14O3.CH4/c1-2-3-4-5-8(10)6-7-9(11)12;/h6-7H,2-5H2,1H3,(H,11,12);1H4/b7-6+;. The van der Waals surface area contributed by atoms with Crippen molar-refractivity contribution in [3.05, 3.63) is 12.2 Å². The van der Waals surface area contributed by atoms with Crippen LogP contribution in [0.4, 0.5) is 0 Å². The third kappa shape index (κ3) is 10.9. The van der Waals surface area contributed by atoms with E-state index in [0.717, 1.165) is 31.4 Å². The van der Waals surface area contributed by atoms with Crippen LogP contribution in [0.1, 0.15) is 40.0 Å². The Labute approximate surface area is 79.5 Å². The van der Waals surface area contributed by atoms with Crippen LogP contribution in [0.5, 0.6) is 0 Å². The number of unbranched alkanes of at least 4 members (excludes halogenated alkanes) is 2. The van der Waals surface area contributed by atoms with E-state index >= 15 is 0 Å². The highest BCUT2D eigenvalue weighted by Gasteiger charge is 1.96. The van der Waals surface area contributed by atoms with Gasteiger partial charge in [0.2, 0.25) is 0 Å². The summed E-state index contributed by atoms with van der Waals surface area (Å²) in [6.07, 6.45) is 5.39. The monoisotopic (exact) mass is 186 g/mol. The fourth-order valence-corrected chi connectivity index (χ4v) is 0.797. The number of allylic oxidation sites excluding steroid dienone is 1. The maximum absolute atomic E-state index is 10.9. The number of ketones is 1. The van der Waals surface area contributed by atoms with Gasteiger partial charge in [-0.25, -0.2) is 4.79 Å². The quantitative estimate of drug-likeness (QED) is 0.512. The van der Waals surface area contributed by atoms with E-state index in [2.05, 4.69) is 6.92 Å². The number of aliphatic carboxylic acids is 1. The van der Waals surface area contributed by atoms with Gasteiger partial charge in [0.15, 0.2) is 5.78 Å². The minimum atomic E-state index is -1.07. The molecule has 0 heterocycles. The summed E-state index contributed by atoms with van der Waals surface area (Å²) in [7, 11) is 0. The van der Waals surface area contributed by atoms with Gasteiger partial charge in [-0.2, -0.15) is 0 Å². The van der Waals surface area contributed by atoms with E-state index in [9.17, 15) is 9.59 Å². The fraction of sp³-hybridized carbons (Fsp3) is 0.600. The van der Waals surface area contributed by atoms with Crippen LogP contribution in [0.3, 0.4) is 0 Å². The van der Waals surface area contributed by atoms with Crippen molar-refractivity contribution < 1.29 is 14.7 Å². The fourth-order valence-electron chi connectivity index (χ4n) is 0.797. The average Bonchev–Trinajstić information content (AvgIpc) is 2.01. The van der Waals surface area contributed by atoms with E-state index < -0.39 is 5.97 Å². The zero-order valence-electron chi connectivity index (χ0n) is 7.25. The highest BCUT2D eigenvalue weighted by molar-refractivity contribution is 5.95. The molecule has 76 valence electrons. The predicted molar refractivity (Wildman–Crippen MR) is 52.7 cm³/mol. The summed E-state index contributed by atoms with van der Waals surface area (Å²) in [5, 5.41) is 8.19. The Hall–Kier alpha value is -1.12. The zero-order chi connectivity index (χ0) is 9.40. The summed E-state index contributed by atoms with van der Waals surface area (Å²) in [4.78, 5) is 20.9. The topological polar surface area (TPSA) is 54.4 Å². The summed E-state index contributed by atoms with van der Waals surface area (Å²) in [5.41, 5.74) is 0. The highest BCUT2D eigenvalue weighted by Crippen LogP contribution is 1.99. The van der Waals surface area contributed by atoms with Crippen LogP contribution < -0.4 is 0 Å². The van der Waals surface area contributed by atoms with E-state index in [1.165, 1.54) is 0 Å². The molecule has 0 aromatic rings. The predicted octanol–water partition coefficient (Wildman–Crippen LogP) is 2.41. The maximum Gasteiger partial charge on any atom is 0.328 e. The summed E-state index contributed by atoms with van der Waals surface area (Å²) in [6, 6.07) is 0. The second-order valence-corrected chi connectivity index (χ2v) is 2.59. The maximum atomic E-state index is 10.9. The largest absolute Gasteiger partial charge is 0.478 e. The minimum absolute atomic E-state index is 0. The van der Waals surface area contributed by atoms with Crippen LogP contribution in [0, 0.1) is 0 Å². The van der Waals surface area contributed by atoms with E-state index in [4.69, 9.17) is 5.11 Å². The second kappa shape index (κ2) is 8.97. The number of rotatable bonds is 6. The van der Waals surface area contributed by atoms with Crippen molar-refractivity contribution in [2.75, 3.05) is 0 Å². The third-order valence-corrected chi connectivity index (χ3v) is 1.44. The minimum Gasteiger partial charge on any atom is -0.478 e. The van der Waals surface area contributed by atoms with Gasteiger partial charge in [0, 0.05) is 12.5 Å². The molecule has 0 aromatic carbocycles. The molecular weight excluding hydrogens is 168 g/mol. The normalized spacial score (nSPS) is 9.62. The first kappa shape index (κ1) is 14.4. The molecule has 0 aromatic heterocycles. The molecule has 0 aliphatic rings. The van der Waals surface area contributed by atoms with Crippen LogP contribution in [0.15, 0.2) is 12.2 Å². The number of carbonyl (C=O) groups excluding carboxylic acids is 1. The first-order chi connectivity index (χ1) is 5.66. The molecule has 0 aliphatic carbocycles. The Kier molecular flexibility index (Phi) is 9.94. The lowest BCUT2D eigenvalue weighted by atomic mass is 10.1. The van der Waals surface area contributed by atoms with Crippen LogP contribution in [0.2, 0.25) is 0 Å². The first-order valence-corrected chi connectivity index (χ1v) is 4.10. The van der Waals surface area contributed by atoms with Crippen molar-refractivity contribution in [2.24, 2.45) is 0 Å². The Balaban J connectivity index is 0. The van der Waals surface area contributed by atoms with Gasteiger partial charge in [0.25, 0.3) is 0 Å². The van der Waals surface area contributed by atoms with Gasteiger partial charge >= 0.3 is 5.97 Å². The summed E-state index contributed by atoms with van der Waals surface area (Å²) >= 11 is 0. The van der Waals surface area contributed by atoms with Crippen molar-refractivity contribution in [1.29, 1.82) is 0 Å². The molecule has 0 saturated carbocycles. The highest BCUT2D eigenvalue weighted by atomic mass is 16.4. The van der Waals surface area contributed by atoms with Crippen molar-refractivity contribution in [3.8, 4) is 0 Å². The molecule has 0 atom stereocenters. The summed E-state index contributed by atoms with van der Waals surface area (Å²) < 4.78 is 0. The second-order valence-electron chi connectivity index (χ2n) is 2.59. The number of carboxylic acids is 1. The molecule has 13 heavy (non-hydrogen) atoms. The van der Waals surface area contributed by atoms with E-state index in [1.54, 1.807) is 0 Å². The number of carboxylic acid groups (broad SMARTS) is 1. The number of carbonyl (C=O) groups is 2. The van der Waals surface area contributed by atoms with Crippen LogP contribution >= 0.6 is 0 Å². The van der Waals surface area contributed by atoms with Gasteiger partial charge in [0.1, 0.15) is 0 Å². The van der Waals surface area contributed by atoms with E-state index in [0.29, 0.717) is 6.42 Å². The molecule has 0 aliphatic heterocycles. The molecule has 0 radical (unpaired) electrons. The third-order valence-electron chi connectivity index (χ3n) is 1.44. The van der Waals surface area contributed by atoms with Crippen molar-refractivity contribution in [3.63, 3.8) is 0 Å². The molecule has 0 unspecified atom stereocenters. The lowest BCUT2D eigenvalue weighted by Crippen LogP contribution is -1.95. The Bertz CT molecular complexity index is 183. The van der Waals surface area contributed by atoms with Crippen LogP contribution in [-0.2, 0) is 9.59 Å². The van der Waals surface area contributed by atoms with E-state index in [-0.39, 0.29) is 13.2 Å². The van der Waals surface area contributed by atoms with E-state index in [1.807, 2.05) is 0 Å². The molecular formula is C10H18O3. The van der Waals surface area contributed by atoms with Gasteiger partial charge < -0.3 is 5.11 Å². The SMILES string of the molecule is C.CCCCCC(=O)/C=C/C(=O)O. The molecule has 3 heteroatoms. The van der Waals surface area contributed by atoms with Crippen LogP contribution in [0.25, 0.3) is 0 Å². The van der Waals surface area contributed by atoms with Crippen molar-refractivity contribution >= 4 is 11.8 Å². The van der Waals surface area contributed by atoms with Crippen LogP contribution in [-0.4, -0.2) is 16.9 Å². The van der Waals surface area contributed by atoms with Gasteiger partial charge in [-0.3, -0.25) is 4.79 Å². The molecule has 0 fully saturated rings. The number of hydrogen-bond donors (Lipinski definition) is 1. The van der Waals surface area contributed by atoms with Gasteiger partial charge in [-0.1, -0.05) is 27.2 Å². The Morgan fingerprint density at radius 2 is 1.85 bits per heavy atom. The van der Waals surface area contributed by atoms with Gasteiger partial charge in [-0.15, -0.1) is 0 Å². The average molecular weight is 186 g/mol. The summed E-state index contributed by atoms with van der Waals surface area (Å²) in [5.74, 6) is -1.18. The molecule has 3 nitrogen and oxygen atoms in total. The molecule has 0 amide bonds. The first-order valence-electron chi connectivity index (χ1n) is 4.10. The number of hydrogen-bond acceptors (Lipinski definition) is 2. The molecule has 0 spiro atoms. The Morgan fingerprint density at radius 3 is 2.31 bits per heavy atom. The molecule has 1 N–H and O–H groups in total. The van der Waals surface area contributed by atoms with Gasteiger partial charge in [0.05, 0.1) is 0 Å². The Morgan fingerprint density at radius 1 is 1.23 bits per heavy atom. The molecule has 0 saturated heterocycles. The lowest BCUT2D eigenvalue weighted by molar-refractivity contribution is -0.131. The lowest BCUT2D eigenvalue weighted by Gasteiger charge is -1.92. The molecule has 0 bridgehead atoms. The van der Waals surface area contributed by atoms with Gasteiger partial charge in [-0.05, 0) is 12.5 Å². The van der Waals surface area contributed by atoms with Crippen molar-refractivity contribution in [1.82, 2.24) is 0 Å². The summed E-state index contributed by atoms with van der Waals surface area (Å²) in [6.45, 7) is 2.05.